The number of hydrogen-bond acceptors (Lipinski definition) is 4. The van der Waals surface area contributed by atoms with Gasteiger partial charge in [-0.05, 0) is 6.54 Å². The Hall–Kier alpha value is -0.160. The van der Waals surface area contributed by atoms with Gasteiger partial charge < -0.3 is 20.5 Å². The van der Waals surface area contributed by atoms with Crippen molar-refractivity contribution in [2.75, 3.05) is 46.0 Å². The molecule has 0 heterocycles. The van der Waals surface area contributed by atoms with Gasteiger partial charge in [0.15, 0.2) is 0 Å². The van der Waals surface area contributed by atoms with Crippen molar-refractivity contribution >= 4 is 0 Å². The van der Waals surface area contributed by atoms with Crippen LogP contribution in [0.15, 0.2) is 0 Å². The van der Waals surface area contributed by atoms with E-state index < -0.39 is 0 Å². The van der Waals surface area contributed by atoms with E-state index in [0.717, 1.165) is 19.6 Å². The molecule has 0 saturated carbocycles. The van der Waals surface area contributed by atoms with E-state index in [0.29, 0.717) is 19.8 Å². The molecule has 0 radical (unpaired) electrons. The Morgan fingerprint density at radius 2 is 2.08 bits per heavy atom. The van der Waals surface area contributed by atoms with Gasteiger partial charge in [0.1, 0.15) is 0 Å². The summed E-state index contributed by atoms with van der Waals surface area (Å²) in [4.78, 5) is 2.22. The van der Waals surface area contributed by atoms with Crippen molar-refractivity contribution in [2.24, 2.45) is 5.73 Å². The molecule has 0 bridgehead atoms. The SMILES string of the molecule is CCN(CCN)CCOCCO. The maximum absolute atomic E-state index is 8.43. The van der Waals surface area contributed by atoms with Crippen LogP contribution in [-0.2, 0) is 4.74 Å². The maximum Gasteiger partial charge on any atom is 0.0698 e. The minimum atomic E-state index is 0.100. The summed E-state index contributed by atoms with van der Waals surface area (Å²) in [6, 6.07) is 0. The lowest BCUT2D eigenvalue weighted by Gasteiger charge is -2.18. The van der Waals surface area contributed by atoms with Crippen LogP contribution in [0.25, 0.3) is 0 Å². The average Bonchev–Trinajstić information content (AvgIpc) is 2.10. The van der Waals surface area contributed by atoms with Gasteiger partial charge in [-0.2, -0.15) is 0 Å². The minimum absolute atomic E-state index is 0.100. The number of rotatable bonds is 8. The predicted octanol–water partition coefficient (Wildman–Crippen LogP) is -0.724. The van der Waals surface area contributed by atoms with Gasteiger partial charge in [0, 0.05) is 19.6 Å². The lowest BCUT2D eigenvalue weighted by Crippen LogP contribution is -2.32. The first-order valence-electron chi connectivity index (χ1n) is 4.46. The van der Waals surface area contributed by atoms with E-state index in [9.17, 15) is 0 Å². The Kier molecular flexibility index (Phi) is 8.81. The molecule has 4 nitrogen and oxygen atoms in total. The van der Waals surface area contributed by atoms with Crippen LogP contribution >= 0.6 is 0 Å². The lowest BCUT2D eigenvalue weighted by atomic mass is 10.4. The second kappa shape index (κ2) is 8.93. The van der Waals surface area contributed by atoms with E-state index in [1.807, 2.05) is 0 Å². The first-order valence-corrected chi connectivity index (χ1v) is 4.46. The third kappa shape index (κ3) is 6.54. The number of likely N-dealkylation sites (N-methyl/N-ethyl adjacent to an activating group) is 1. The molecule has 0 aliphatic rings. The van der Waals surface area contributed by atoms with Crippen LogP contribution in [0.5, 0.6) is 0 Å². The highest BCUT2D eigenvalue weighted by Gasteiger charge is 1.99. The lowest BCUT2D eigenvalue weighted by molar-refractivity contribution is 0.0752. The topological polar surface area (TPSA) is 58.7 Å². The zero-order chi connectivity index (χ0) is 9.23. The minimum Gasteiger partial charge on any atom is -0.394 e. The molecule has 0 atom stereocenters. The van der Waals surface area contributed by atoms with Crippen molar-refractivity contribution in [1.82, 2.24) is 4.90 Å². The number of aliphatic hydroxyl groups is 1. The van der Waals surface area contributed by atoms with Crippen molar-refractivity contribution in [1.29, 1.82) is 0 Å². The van der Waals surface area contributed by atoms with Crippen molar-refractivity contribution < 1.29 is 9.84 Å². The largest absolute Gasteiger partial charge is 0.394 e. The van der Waals surface area contributed by atoms with E-state index >= 15 is 0 Å². The van der Waals surface area contributed by atoms with Gasteiger partial charge in [0.25, 0.3) is 0 Å². The molecule has 0 unspecified atom stereocenters. The van der Waals surface area contributed by atoms with Crippen LogP contribution in [0.2, 0.25) is 0 Å². The second-order valence-electron chi connectivity index (χ2n) is 2.56. The van der Waals surface area contributed by atoms with Crippen molar-refractivity contribution in [3.8, 4) is 0 Å². The van der Waals surface area contributed by atoms with Crippen LogP contribution in [-0.4, -0.2) is 56.0 Å². The highest BCUT2D eigenvalue weighted by Crippen LogP contribution is 1.86. The first kappa shape index (κ1) is 11.8. The number of aliphatic hydroxyl groups excluding tert-OH is 1. The van der Waals surface area contributed by atoms with E-state index in [1.54, 1.807) is 0 Å². The van der Waals surface area contributed by atoms with Gasteiger partial charge in [-0.3, -0.25) is 0 Å². The summed E-state index contributed by atoms with van der Waals surface area (Å²) in [6.45, 7) is 6.81. The highest BCUT2D eigenvalue weighted by molar-refractivity contribution is 4.54. The summed E-state index contributed by atoms with van der Waals surface area (Å²) >= 11 is 0. The zero-order valence-corrected chi connectivity index (χ0v) is 7.83. The standard InChI is InChI=1S/C8H20N2O2/c1-2-10(4-3-9)5-7-12-8-6-11/h11H,2-9H2,1H3. The summed E-state index contributed by atoms with van der Waals surface area (Å²) in [6.07, 6.45) is 0. The number of ether oxygens (including phenoxy) is 1. The molecular formula is C8H20N2O2. The van der Waals surface area contributed by atoms with Crippen LogP contribution in [0.3, 0.4) is 0 Å². The van der Waals surface area contributed by atoms with Gasteiger partial charge in [-0.25, -0.2) is 0 Å². The Morgan fingerprint density at radius 1 is 1.33 bits per heavy atom. The Morgan fingerprint density at radius 3 is 2.58 bits per heavy atom. The van der Waals surface area contributed by atoms with Gasteiger partial charge in [0.2, 0.25) is 0 Å². The van der Waals surface area contributed by atoms with Gasteiger partial charge in [0.05, 0.1) is 19.8 Å². The van der Waals surface area contributed by atoms with Crippen LogP contribution in [0, 0.1) is 0 Å². The molecular weight excluding hydrogens is 156 g/mol. The van der Waals surface area contributed by atoms with Gasteiger partial charge >= 0.3 is 0 Å². The Labute approximate surface area is 74.3 Å². The van der Waals surface area contributed by atoms with E-state index in [1.165, 1.54) is 0 Å². The summed E-state index contributed by atoms with van der Waals surface area (Å²) in [5, 5.41) is 8.43. The molecule has 0 spiro atoms. The summed E-state index contributed by atoms with van der Waals surface area (Å²) in [5.41, 5.74) is 5.41. The zero-order valence-electron chi connectivity index (χ0n) is 7.83. The second-order valence-corrected chi connectivity index (χ2v) is 2.56. The number of nitrogens with zero attached hydrogens (tertiary/aromatic N) is 1. The van der Waals surface area contributed by atoms with Gasteiger partial charge in [-0.15, -0.1) is 0 Å². The monoisotopic (exact) mass is 176 g/mol. The molecule has 0 saturated heterocycles. The molecule has 0 rings (SSSR count). The van der Waals surface area contributed by atoms with E-state index in [4.69, 9.17) is 15.6 Å². The summed E-state index contributed by atoms with van der Waals surface area (Å²) < 4.78 is 5.13. The summed E-state index contributed by atoms with van der Waals surface area (Å²) in [7, 11) is 0. The molecule has 0 aromatic heterocycles. The molecule has 0 amide bonds. The Balaban J connectivity index is 3.19. The fourth-order valence-electron chi connectivity index (χ4n) is 0.971. The molecule has 0 aromatic rings. The first-order chi connectivity index (χ1) is 5.85. The molecule has 12 heavy (non-hydrogen) atoms. The number of hydrogen-bond donors (Lipinski definition) is 2. The molecule has 0 aliphatic carbocycles. The fourth-order valence-corrected chi connectivity index (χ4v) is 0.971. The molecule has 3 N–H and O–H groups in total. The van der Waals surface area contributed by atoms with Crippen molar-refractivity contribution in [3.63, 3.8) is 0 Å². The quantitative estimate of drug-likeness (QED) is 0.479. The smallest absolute Gasteiger partial charge is 0.0698 e. The number of nitrogens with two attached hydrogens (primary N) is 1. The van der Waals surface area contributed by atoms with Crippen LogP contribution in [0.4, 0.5) is 0 Å². The molecule has 4 heteroatoms. The molecule has 74 valence electrons. The highest BCUT2D eigenvalue weighted by atomic mass is 16.5. The third-order valence-electron chi connectivity index (χ3n) is 1.68. The predicted molar refractivity (Wildman–Crippen MR) is 49.1 cm³/mol. The molecule has 0 aromatic carbocycles. The fraction of sp³-hybridized carbons (Fsp3) is 1.00. The Bertz CT molecular complexity index is 91.1. The molecule has 0 aliphatic heterocycles. The van der Waals surface area contributed by atoms with Crippen LogP contribution < -0.4 is 5.73 Å². The normalized spacial score (nSPS) is 11.0. The van der Waals surface area contributed by atoms with Gasteiger partial charge in [-0.1, -0.05) is 6.92 Å². The third-order valence-corrected chi connectivity index (χ3v) is 1.68. The van der Waals surface area contributed by atoms with Crippen molar-refractivity contribution in [3.05, 3.63) is 0 Å². The molecule has 0 fully saturated rings. The van der Waals surface area contributed by atoms with E-state index in [2.05, 4.69) is 11.8 Å². The summed E-state index contributed by atoms with van der Waals surface area (Å²) in [5.74, 6) is 0. The van der Waals surface area contributed by atoms with E-state index in [-0.39, 0.29) is 6.61 Å². The van der Waals surface area contributed by atoms with Crippen molar-refractivity contribution in [2.45, 2.75) is 6.92 Å². The maximum atomic E-state index is 8.43. The van der Waals surface area contributed by atoms with Crippen LogP contribution in [0.1, 0.15) is 6.92 Å². The average molecular weight is 176 g/mol.